The molecule has 126 valence electrons. The Labute approximate surface area is 148 Å². The van der Waals surface area contributed by atoms with Gasteiger partial charge in [-0.3, -0.25) is 4.79 Å². The van der Waals surface area contributed by atoms with Crippen LogP contribution >= 0.6 is 11.6 Å². The summed E-state index contributed by atoms with van der Waals surface area (Å²) in [4.78, 5) is 14.8. The summed E-state index contributed by atoms with van der Waals surface area (Å²) in [7, 11) is 0. The summed E-state index contributed by atoms with van der Waals surface area (Å²) in [5, 5.41) is 0.739. The van der Waals surface area contributed by atoms with Crippen LogP contribution in [0.25, 0.3) is 0 Å². The second-order valence-electron chi connectivity index (χ2n) is 6.52. The first-order chi connectivity index (χ1) is 11.4. The summed E-state index contributed by atoms with van der Waals surface area (Å²) in [6, 6.07) is 12.0. The number of ether oxygens (including phenoxy) is 1. The predicted molar refractivity (Wildman–Crippen MR) is 98.1 cm³/mol. The second kappa shape index (κ2) is 6.48. The number of benzene rings is 2. The molecule has 4 heteroatoms. The Morgan fingerprint density at radius 3 is 2.54 bits per heavy atom. The predicted octanol–water partition coefficient (Wildman–Crippen LogP) is 4.70. The highest BCUT2D eigenvalue weighted by atomic mass is 35.5. The molecule has 0 aliphatic carbocycles. The fourth-order valence-corrected chi connectivity index (χ4v) is 3.44. The van der Waals surface area contributed by atoms with E-state index in [1.165, 1.54) is 5.56 Å². The van der Waals surface area contributed by atoms with Crippen molar-refractivity contribution in [3.8, 4) is 5.75 Å². The second-order valence-corrected chi connectivity index (χ2v) is 6.90. The van der Waals surface area contributed by atoms with Gasteiger partial charge in [0.2, 0.25) is 0 Å². The van der Waals surface area contributed by atoms with Crippen LogP contribution in [0.3, 0.4) is 0 Å². The molecule has 0 N–H and O–H groups in total. The average Bonchev–Trinajstić information content (AvgIpc) is 2.87. The number of anilines is 1. The molecule has 0 aromatic heterocycles. The fourth-order valence-electron chi connectivity index (χ4n) is 3.33. The van der Waals surface area contributed by atoms with Gasteiger partial charge in [0.25, 0.3) is 5.91 Å². The largest absolute Gasteiger partial charge is 0.481 e. The van der Waals surface area contributed by atoms with Crippen molar-refractivity contribution in [2.24, 2.45) is 0 Å². The molecule has 1 amide bonds. The zero-order valence-electron chi connectivity index (χ0n) is 14.5. The molecular formula is C20H22ClNO2. The minimum absolute atomic E-state index is 0.0160. The van der Waals surface area contributed by atoms with Gasteiger partial charge < -0.3 is 9.64 Å². The monoisotopic (exact) mass is 343 g/mol. The molecule has 2 atom stereocenters. The Morgan fingerprint density at radius 2 is 1.88 bits per heavy atom. The van der Waals surface area contributed by atoms with Gasteiger partial charge in [0.1, 0.15) is 5.75 Å². The highest BCUT2D eigenvalue weighted by Gasteiger charge is 2.33. The lowest BCUT2D eigenvalue weighted by atomic mass is 10.1. The summed E-state index contributed by atoms with van der Waals surface area (Å²) in [5.41, 5.74) is 4.11. The molecule has 3 nitrogen and oxygen atoms in total. The van der Waals surface area contributed by atoms with Crippen LogP contribution in [-0.2, 0) is 11.2 Å². The maximum absolute atomic E-state index is 12.9. The summed E-state index contributed by atoms with van der Waals surface area (Å²) in [6.45, 7) is 7.75. The summed E-state index contributed by atoms with van der Waals surface area (Å²) in [6.07, 6.45) is 0.326. The SMILES string of the molecule is Cc1cc(O[C@@H](C)C(=O)N2c3ccccc3C[C@@H]2C)cc(C)c1Cl. The van der Waals surface area contributed by atoms with Gasteiger partial charge in [0, 0.05) is 16.8 Å². The number of para-hydroxylation sites is 1. The van der Waals surface area contributed by atoms with Gasteiger partial charge in [-0.1, -0.05) is 29.8 Å². The average molecular weight is 344 g/mol. The standard InChI is InChI=1S/C20H22ClNO2/c1-12-9-17(10-13(2)19(12)21)24-15(4)20(23)22-14(3)11-16-7-5-6-8-18(16)22/h5-10,14-15H,11H2,1-4H3/t14-,15-/m0/s1. The molecule has 2 aromatic carbocycles. The van der Waals surface area contributed by atoms with Crippen LogP contribution < -0.4 is 9.64 Å². The van der Waals surface area contributed by atoms with Gasteiger partial charge in [-0.15, -0.1) is 0 Å². The molecule has 0 saturated carbocycles. The van der Waals surface area contributed by atoms with Gasteiger partial charge in [-0.05, 0) is 69.0 Å². The van der Waals surface area contributed by atoms with Crippen molar-refractivity contribution in [3.05, 3.63) is 58.1 Å². The first kappa shape index (κ1) is 16.8. The summed E-state index contributed by atoms with van der Waals surface area (Å²) < 4.78 is 5.92. The lowest BCUT2D eigenvalue weighted by molar-refractivity contribution is -0.124. The zero-order chi connectivity index (χ0) is 17.4. The van der Waals surface area contributed by atoms with Crippen molar-refractivity contribution in [2.45, 2.75) is 46.3 Å². The Balaban J connectivity index is 1.81. The lowest BCUT2D eigenvalue weighted by Crippen LogP contribution is -2.43. The molecule has 0 bridgehead atoms. The molecule has 0 fully saturated rings. The van der Waals surface area contributed by atoms with Crippen molar-refractivity contribution in [3.63, 3.8) is 0 Å². The van der Waals surface area contributed by atoms with E-state index >= 15 is 0 Å². The van der Waals surface area contributed by atoms with Crippen LogP contribution in [0, 0.1) is 13.8 Å². The minimum Gasteiger partial charge on any atom is -0.481 e. The van der Waals surface area contributed by atoms with E-state index in [0.717, 1.165) is 28.3 Å². The number of fused-ring (bicyclic) bond motifs is 1. The smallest absolute Gasteiger partial charge is 0.268 e. The molecule has 0 radical (unpaired) electrons. The molecule has 24 heavy (non-hydrogen) atoms. The Hall–Kier alpha value is -2.00. The molecular weight excluding hydrogens is 322 g/mol. The van der Waals surface area contributed by atoms with E-state index < -0.39 is 6.10 Å². The van der Waals surface area contributed by atoms with E-state index in [-0.39, 0.29) is 11.9 Å². The van der Waals surface area contributed by atoms with E-state index in [2.05, 4.69) is 13.0 Å². The number of carbonyl (C=O) groups is 1. The lowest BCUT2D eigenvalue weighted by Gasteiger charge is -2.26. The Bertz CT molecular complexity index is 764. The van der Waals surface area contributed by atoms with Crippen molar-refractivity contribution in [1.82, 2.24) is 0 Å². The normalized spacial score (nSPS) is 17.5. The highest BCUT2D eigenvalue weighted by Crippen LogP contribution is 2.33. The van der Waals surface area contributed by atoms with E-state index in [1.54, 1.807) is 6.92 Å². The van der Waals surface area contributed by atoms with Crippen molar-refractivity contribution in [2.75, 3.05) is 4.90 Å². The number of halogens is 1. The third kappa shape index (κ3) is 3.01. The van der Waals surface area contributed by atoms with Crippen LogP contribution in [-0.4, -0.2) is 18.1 Å². The third-order valence-corrected chi connectivity index (χ3v) is 5.11. The van der Waals surface area contributed by atoms with Crippen molar-refractivity contribution in [1.29, 1.82) is 0 Å². The van der Waals surface area contributed by atoms with Crippen molar-refractivity contribution >= 4 is 23.2 Å². The number of nitrogens with zero attached hydrogens (tertiary/aromatic N) is 1. The first-order valence-electron chi connectivity index (χ1n) is 8.23. The topological polar surface area (TPSA) is 29.5 Å². The molecule has 1 aliphatic rings. The van der Waals surface area contributed by atoms with E-state index in [9.17, 15) is 4.79 Å². The molecule has 2 aromatic rings. The van der Waals surface area contributed by atoms with E-state index in [4.69, 9.17) is 16.3 Å². The molecule has 0 spiro atoms. The molecule has 1 heterocycles. The van der Waals surface area contributed by atoms with Gasteiger partial charge in [0.15, 0.2) is 6.10 Å². The Kier molecular flexibility index (Phi) is 4.55. The van der Waals surface area contributed by atoms with Gasteiger partial charge in [-0.2, -0.15) is 0 Å². The van der Waals surface area contributed by atoms with Crippen LogP contribution in [0.2, 0.25) is 5.02 Å². The fraction of sp³-hybridized carbons (Fsp3) is 0.350. The van der Waals surface area contributed by atoms with Gasteiger partial charge in [0.05, 0.1) is 0 Å². The third-order valence-electron chi connectivity index (χ3n) is 4.52. The summed E-state index contributed by atoms with van der Waals surface area (Å²) in [5.74, 6) is 0.660. The van der Waals surface area contributed by atoms with E-state index in [0.29, 0.717) is 5.75 Å². The summed E-state index contributed by atoms with van der Waals surface area (Å²) >= 11 is 6.20. The van der Waals surface area contributed by atoms with Crippen LogP contribution in [0.1, 0.15) is 30.5 Å². The van der Waals surface area contributed by atoms with Crippen LogP contribution in [0.5, 0.6) is 5.75 Å². The number of carbonyl (C=O) groups excluding carboxylic acids is 1. The molecule has 3 rings (SSSR count). The molecule has 0 saturated heterocycles. The molecule has 0 unspecified atom stereocenters. The maximum Gasteiger partial charge on any atom is 0.268 e. The highest BCUT2D eigenvalue weighted by molar-refractivity contribution is 6.32. The number of hydrogen-bond acceptors (Lipinski definition) is 2. The first-order valence-corrected chi connectivity index (χ1v) is 8.60. The number of rotatable bonds is 3. The van der Waals surface area contributed by atoms with Gasteiger partial charge >= 0.3 is 0 Å². The van der Waals surface area contributed by atoms with Gasteiger partial charge in [-0.25, -0.2) is 0 Å². The quantitative estimate of drug-likeness (QED) is 0.808. The minimum atomic E-state index is -0.557. The van der Waals surface area contributed by atoms with Crippen molar-refractivity contribution < 1.29 is 9.53 Å². The van der Waals surface area contributed by atoms with Crippen LogP contribution in [0.4, 0.5) is 5.69 Å². The van der Waals surface area contributed by atoms with Crippen LogP contribution in [0.15, 0.2) is 36.4 Å². The number of amides is 1. The number of aryl methyl sites for hydroxylation is 2. The Morgan fingerprint density at radius 1 is 1.25 bits per heavy atom. The zero-order valence-corrected chi connectivity index (χ0v) is 15.2. The number of hydrogen-bond donors (Lipinski definition) is 0. The molecule has 1 aliphatic heterocycles. The maximum atomic E-state index is 12.9. The van der Waals surface area contributed by atoms with E-state index in [1.807, 2.05) is 49.1 Å².